The minimum absolute atomic E-state index is 0.0357. The summed E-state index contributed by atoms with van der Waals surface area (Å²) in [6.45, 7) is 3.02. The van der Waals surface area contributed by atoms with Crippen molar-refractivity contribution in [2.24, 2.45) is 4.99 Å². The number of hydrogen-bond donors (Lipinski definition) is 0. The van der Waals surface area contributed by atoms with Crippen LogP contribution in [-0.2, 0) is 16.4 Å². The Bertz CT molecular complexity index is 1080. The van der Waals surface area contributed by atoms with Gasteiger partial charge in [-0.3, -0.25) is 4.99 Å². The minimum atomic E-state index is -3.01. The largest absolute Gasteiger partial charge is 0.494 e. The first-order valence-corrected chi connectivity index (χ1v) is 12.1. The molecule has 0 aromatic heterocycles. The maximum atomic E-state index is 11.9. The fourth-order valence-electron chi connectivity index (χ4n) is 3.57. The number of benzene rings is 2. The van der Waals surface area contributed by atoms with Gasteiger partial charge in [0.1, 0.15) is 5.75 Å². The molecular weight excluding hydrogens is 406 g/mol. The summed E-state index contributed by atoms with van der Waals surface area (Å²) in [5, 5.41) is 10.2. The van der Waals surface area contributed by atoms with Crippen LogP contribution < -0.4 is 9.64 Å². The number of sulfone groups is 1. The van der Waals surface area contributed by atoms with Gasteiger partial charge in [-0.05, 0) is 42.8 Å². The van der Waals surface area contributed by atoms with Crippen molar-refractivity contribution in [3.05, 3.63) is 59.7 Å². The fourth-order valence-corrected chi connectivity index (χ4v) is 7.35. The molecule has 2 aromatic carbocycles. The highest BCUT2D eigenvalue weighted by Gasteiger charge is 2.44. The molecular formula is C21H21N3O3S2. The first-order chi connectivity index (χ1) is 14.0. The van der Waals surface area contributed by atoms with E-state index in [1.807, 2.05) is 49.4 Å². The van der Waals surface area contributed by atoms with Crippen molar-refractivity contribution in [1.29, 1.82) is 5.26 Å². The van der Waals surface area contributed by atoms with Crippen LogP contribution in [0.25, 0.3) is 0 Å². The van der Waals surface area contributed by atoms with Crippen molar-refractivity contribution in [1.82, 2.24) is 0 Å². The monoisotopic (exact) mass is 427 g/mol. The maximum absolute atomic E-state index is 11.9. The van der Waals surface area contributed by atoms with E-state index in [4.69, 9.17) is 9.73 Å². The second-order valence-corrected chi connectivity index (χ2v) is 10.4. The topological polar surface area (TPSA) is 82.8 Å². The van der Waals surface area contributed by atoms with Crippen LogP contribution in [0.15, 0.2) is 53.5 Å². The lowest BCUT2D eigenvalue weighted by atomic mass is 10.1. The molecule has 6 nitrogen and oxygen atoms in total. The molecule has 4 rings (SSSR count). The third kappa shape index (κ3) is 4.26. The normalized spacial score (nSPS) is 21.9. The third-order valence-corrected chi connectivity index (χ3v) is 8.21. The zero-order chi connectivity index (χ0) is 20.4. The van der Waals surface area contributed by atoms with Gasteiger partial charge >= 0.3 is 0 Å². The zero-order valence-corrected chi connectivity index (χ0v) is 17.6. The molecule has 0 amide bonds. The van der Waals surface area contributed by atoms with Crippen LogP contribution in [-0.4, -0.2) is 43.0 Å². The van der Waals surface area contributed by atoms with Gasteiger partial charge in [0.05, 0.1) is 42.3 Å². The number of amidine groups is 1. The molecule has 0 N–H and O–H groups in total. The lowest BCUT2D eigenvalue weighted by Crippen LogP contribution is -2.28. The van der Waals surface area contributed by atoms with Crippen molar-refractivity contribution in [3.8, 4) is 11.8 Å². The van der Waals surface area contributed by atoms with Gasteiger partial charge in [0.15, 0.2) is 15.0 Å². The zero-order valence-electron chi connectivity index (χ0n) is 16.0. The summed E-state index contributed by atoms with van der Waals surface area (Å²) < 4.78 is 29.4. The molecule has 0 aliphatic carbocycles. The Labute approximate surface area is 175 Å². The summed E-state index contributed by atoms with van der Waals surface area (Å²) in [4.78, 5) is 6.80. The van der Waals surface area contributed by atoms with Crippen molar-refractivity contribution < 1.29 is 13.2 Å². The average molecular weight is 428 g/mol. The first kappa shape index (κ1) is 19.8. The standard InChI is InChI=1S/C21H21N3O3S2/c1-2-27-18-9-7-17(8-10-18)24(12-16-6-4-3-5-15(16)11-22)21-23-19-13-29(25,26)14-20(19)28-21/h3-10,19-20H,2,12-14H2,1H3/t19-,20+/m1/s1. The predicted molar refractivity (Wildman–Crippen MR) is 116 cm³/mol. The van der Waals surface area contributed by atoms with Gasteiger partial charge in [0, 0.05) is 10.9 Å². The van der Waals surface area contributed by atoms with Crippen molar-refractivity contribution >= 4 is 32.5 Å². The number of nitrogens with zero attached hydrogens (tertiary/aromatic N) is 3. The highest BCUT2D eigenvalue weighted by atomic mass is 32.2. The van der Waals surface area contributed by atoms with Gasteiger partial charge in [-0.25, -0.2) is 8.42 Å². The summed E-state index contributed by atoms with van der Waals surface area (Å²) in [6.07, 6.45) is 0. The molecule has 2 aliphatic heterocycles. The van der Waals surface area contributed by atoms with E-state index in [2.05, 4.69) is 11.0 Å². The second kappa shape index (κ2) is 8.09. The smallest absolute Gasteiger partial charge is 0.164 e. The van der Waals surface area contributed by atoms with E-state index >= 15 is 0 Å². The Morgan fingerprint density at radius 2 is 1.97 bits per heavy atom. The van der Waals surface area contributed by atoms with E-state index in [9.17, 15) is 13.7 Å². The van der Waals surface area contributed by atoms with Crippen molar-refractivity contribution in [3.63, 3.8) is 0 Å². The SMILES string of the molecule is CCOc1ccc(N(Cc2ccccc2C#N)C2=N[C@@H]3CS(=O)(=O)C[C@@H]3S2)cc1. The predicted octanol–water partition coefficient (Wildman–Crippen LogP) is 3.23. The Hall–Kier alpha value is -2.50. The number of thioether (sulfide) groups is 1. The third-order valence-electron chi connectivity index (χ3n) is 4.96. The van der Waals surface area contributed by atoms with Gasteiger partial charge in [-0.15, -0.1) is 0 Å². The lowest BCUT2D eigenvalue weighted by molar-refractivity contribution is 0.340. The molecule has 2 aliphatic rings. The molecule has 0 bridgehead atoms. The van der Waals surface area contributed by atoms with Crippen molar-refractivity contribution in [2.45, 2.75) is 24.8 Å². The fraction of sp³-hybridized carbons (Fsp3) is 0.333. The van der Waals surface area contributed by atoms with Crippen LogP contribution in [0.1, 0.15) is 18.1 Å². The number of hydrogen-bond acceptors (Lipinski definition) is 7. The molecule has 2 aromatic rings. The molecule has 8 heteroatoms. The van der Waals surface area contributed by atoms with Gasteiger partial charge < -0.3 is 9.64 Å². The lowest BCUT2D eigenvalue weighted by Gasteiger charge is -2.25. The molecule has 0 spiro atoms. The first-order valence-electron chi connectivity index (χ1n) is 9.42. The van der Waals surface area contributed by atoms with Gasteiger partial charge in [-0.1, -0.05) is 30.0 Å². The minimum Gasteiger partial charge on any atom is -0.494 e. The van der Waals surface area contributed by atoms with Crippen LogP contribution in [0, 0.1) is 11.3 Å². The molecule has 1 saturated heterocycles. The number of rotatable bonds is 5. The van der Waals surface area contributed by atoms with E-state index < -0.39 is 9.84 Å². The highest BCUT2D eigenvalue weighted by molar-refractivity contribution is 8.15. The number of anilines is 1. The van der Waals surface area contributed by atoms with Crippen molar-refractivity contribution in [2.75, 3.05) is 23.0 Å². The molecule has 2 heterocycles. The Kier molecular flexibility index (Phi) is 5.52. The summed E-state index contributed by atoms with van der Waals surface area (Å²) in [7, 11) is -3.01. The summed E-state index contributed by atoms with van der Waals surface area (Å²) in [5.41, 5.74) is 2.45. The van der Waals surface area contributed by atoms with Crippen LogP contribution in [0.3, 0.4) is 0 Å². The van der Waals surface area contributed by atoms with Gasteiger partial charge in [0.2, 0.25) is 0 Å². The Morgan fingerprint density at radius 3 is 2.66 bits per heavy atom. The maximum Gasteiger partial charge on any atom is 0.164 e. The van der Waals surface area contributed by atoms with Gasteiger partial charge in [-0.2, -0.15) is 5.26 Å². The summed E-state index contributed by atoms with van der Waals surface area (Å²) >= 11 is 1.52. The molecule has 0 radical (unpaired) electrons. The molecule has 0 unspecified atom stereocenters. The van der Waals surface area contributed by atoms with Crippen LogP contribution in [0.5, 0.6) is 5.75 Å². The second-order valence-electron chi connectivity index (χ2n) is 6.99. The number of fused-ring (bicyclic) bond motifs is 1. The van der Waals surface area contributed by atoms with E-state index in [1.54, 1.807) is 6.07 Å². The van der Waals surface area contributed by atoms with Crippen LogP contribution in [0.2, 0.25) is 0 Å². The molecule has 0 saturated carbocycles. The number of nitriles is 1. The van der Waals surface area contributed by atoms with E-state index in [0.717, 1.165) is 22.2 Å². The molecule has 150 valence electrons. The van der Waals surface area contributed by atoms with E-state index in [1.165, 1.54) is 11.8 Å². The summed E-state index contributed by atoms with van der Waals surface area (Å²) in [6, 6.07) is 17.3. The Morgan fingerprint density at radius 1 is 1.21 bits per heavy atom. The Balaban J connectivity index is 1.67. The van der Waals surface area contributed by atoms with Crippen LogP contribution in [0.4, 0.5) is 5.69 Å². The van der Waals surface area contributed by atoms with Crippen LogP contribution >= 0.6 is 11.8 Å². The number of aliphatic imine (C=N–C) groups is 1. The number of ether oxygens (including phenoxy) is 1. The highest BCUT2D eigenvalue weighted by Crippen LogP contribution is 2.37. The van der Waals surface area contributed by atoms with E-state index in [0.29, 0.717) is 18.7 Å². The molecule has 1 fully saturated rings. The summed E-state index contributed by atoms with van der Waals surface area (Å²) in [5.74, 6) is 1.07. The quantitative estimate of drug-likeness (QED) is 0.729. The molecule has 2 atom stereocenters. The average Bonchev–Trinajstić information content (AvgIpc) is 3.20. The van der Waals surface area contributed by atoms with Gasteiger partial charge in [0.25, 0.3) is 0 Å². The molecule has 29 heavy (non-hydrogen) atoms. The van der Waals surface area contributed by atoms with E-state index in [-0.39, 0.29) is 22.8 Å².